The zero-order valence-corrected chi connectivity index (χ0v) is 16.3. The van der Waals surface area contributed by atoms with Crippen molar-refractivity contribution in [3.63, 3.8) is 0 Å². The van der Waals surface area contributed by atoms with Crippen LogP contribution in [0, 0.1) is 11.8 Å². The maximum absolute atomic E-state index is 11.6. The lowest BCUT2D eigenvalue weighted by Gasteiger charge is -2.38. The fourth-order valence-electron chi connectivity index (χ4n) is 3.05. The summed E-state index contributed by atoms with van der Waals surface area (Å²) in [7, 11) is 3.10. The average molecular weight is 397 g/mol. The van der Waals surface area contributed by atoms with Gasteiger partial charge in [-0.05, 0) is 24.1 Å². The van der Waals surface area contributed by atoms with Gasteiger partial charge in [-0.1, -0.05) is 12.5 Å². The molecule has 1 aromatic heterocycles. The molecule has 1 aromatic carbocycles. The van der Waals surface area contributed by atoms with E-state index < -0.39 is 6.23 Å². The van der Waals surface area contributed by atoms with Crippen LogP contribution in [0.1, 0.15) is 29.1 Å². The standard InChI is InChI=1S/C20H23N5O4/c1-4-17(26)24-10-13(11-24)25-19(21)18(20(22)27)16(23-25)6-5-12-7-14(28-2)9-15(8-12)29-3/h4,7-9,13,20,27H,1,10-11,21-22H2,2-3H3. The molecule has 29 heavy (non-hydrogen) atoms. The molecule has 2 heterocycles. The zero-order chi connectivity index (χ0) is 21.1. The fourth-order valence-corrected chi connectivity index (χ4v) is 3.05. The SMILES string of the molecule is C=CC(=O)N1CC(n2nc(C#Cc3cc(OC)cc(OC)c3)c(C(N)O)c2N)C1. The van der Waals surface area contributed by atoms with Crippen LogP contribution >= 0.6 is 0 Å². The average Bonchev–Trinajstić information content (AvgIpc) is 3.00. The number of hydrogen-bond acceptors (Lipinski definition) is 7. The number of carbonyl (C=O) groups is 1. The highest BCUT2D eigenvalue weighted by atomic mass is 16.5. The first-order valence-electron chi connectivity index (χ1n) is 8.85. The van der Waals surface area contributed by atoms with E-state index in [1.165, 1.54) is 6.08 Å². The van der Waals surface area contributed by atoms with E-state index in [1.807, 2.05) is 0 Å². The van der Waals surface area contributed by atoms with Crippen molar-refractivity contribution in [3.05, 3.63) is 47.7 Å². The van der Waals surface area contributed by atoms with Gasteiger partial charge in [-0.3, -0.25) is 4.79 Å². The molecule has 1 fully saturated rings. The van der Waals surface area contributed by atoms with Crippen LogP contribution in [-0.4, -0.2) is 53.0 Å². The maximum atomic E-state index is 11.6. The highest BCUT2D eigenvalue weighted by Crippen LogP contribution is 2.29. The molecule has 2 aromatic rings. The van der Waals surface area contributed by atoms with Crippen molar-refractivity contribution in [2.45, 2.75) is 12.3 Å². The van der Waals surface area contributed by atoms with Crippen molar-refractivity contribution in [2.24, 2.45) is 5.73 Å². The largest absolute Gasteiger partial charge is 0.497 e. The van der Waals surface area contributed by atoms with Crippen molar-refractivity contribution in [2.75, 3.05) is 33.0 Å². The molecule has 0 aliphatic carbocycles. The van der Waals surface area contributed by atoms with E-state index in [-0.39, 0.29) is 29.0 Å². The third-order valence-corrected chi connectivity index (χ3v) is 4.65. The summed E-state index contributed by atoms with van der Waals surface area (Å²) < 4.78 is 12.0. The van der Waals surface area contributed by atoms with E-state index in [9.17, 15) is 9.90 Å². The normalized spacial score (nSPS) is 14.4. The minimum absolute atomic E-state index is 0.121. The van der Waals surface area contributed by atoms with E-state index in [2.05, 4.69) is 23.5 Å². The van der Waals surface area contributed by atoms with Crippen molar-refractivity contribution >= 4 is 11.7 Å². The molecule has 1 atom stereocenters. The van der Waals surface area contributed by atoms with Crippen LogP contribution in [0.25, 0.3) is 0 Å². The molecule has 0 spiro atoms. The number of nitrogen functional groups attached to an aromatic ring is 1. The topological polar surface area (TPSA) is 129 Å². The van der Waals surface area contributed by atoms with Crippen molar-refractivity contribution in [3.8, 4) is 23.3 Å². The van der Waals surface area contributed by atoms with Crippen molar-refractivity contribution in [1.29, 1.82) is 0 Å². The third-order valence-electron chi connectivity index (χ3n) is 4.65. The first kappa shape index (κ1) is 20.3. The number of ether oxygens (including phenoxy) is 2. The summed E-state index contributed by atoms with van der Waals surface area (Å²) in [6, 6.07) is 5.11. The molecule has 9 heteroatoms. The monoisotopic (exact) mass is 397 g/mol. The van der Waals surface area contributed by atoms with Gasteiger partial charge in [-0.15, -0.1) is 0 Å². The summed E-state index contributed by atoms with van der Waals surface area (Å²) in [5.41, 5.74) is 13.0. The van der Waals surface area contributed by atoms with Gasteiger partial charge in [0.25, 0.3) is 0 Å². The predicted molar refractivity (Wildman–Crippen MR) is 107 cm³/mol. The Balaban J connectivity index is 1.92. The lowest BCUT2D eigenvalue weighted by Crippen LogP contribution is -2.50. The van der Waals surface area contributed by atoms with E-state index in [0.29, 0.717) is 30.2 Å². The van der Waals surface area contributed by atoms with Crippen LogP contribution in [0.15, 0.2) is 30.9 Å². The minimum Gasteiger partial charge on any atom is -0.497 e. The number of nitrogens with two attached hydrogens (primary N) is 2. The summed E-state index contributed by atoms with van der Waals surface area (Å²) in [5, 5.41) is 14.4. The Labute approximate surface area is 168 Å². The summed E-state index contributed by atoms with van der Waals surface area (Å²) in [4.78, 5) is 13.3. The summed E-state index contributed by atoms with van der Waals surface area (Å²) in [5.74, 6) is 7.15. The van der Waals surface area contributed by atoms with Gasteiger partial charge in [0.1, 0.15) is 29.2 Å². The summed E-state index contributed by atoms with van der Waals surface area (Å²) >= 11 is 0. The van der Waals surface area contributed by atoms with Gasteiger partial charge in [-0.2, -0.15) is 5.10 Å². The number of benzene rings is 1. The van der Waals surface area contributed by atoms with Gasteiger partial charge < -0.3 is 30.9 Å². The maximum Gasteiger partial charge on any atom is 0.246 e. The van der Waals surface area contributed by atoms with Crippen LogP contribution in [0.2, 0.25) is 0 Å². The number of anilines is 1. The molecule has 9 nitrogen and oxygen atoms in total. The molecule has 1 aliphatic heterocycles. The van der Waals surface area contributed by atoms with Gasteiger partial charge in [0.15, 0.2) is 0 Å². The van der Waals surface area contributed by atoms with Gasteiger partial charge in [0, 0.05) is 24.7 Å². The molecule has 3 rings (SSSR count). The molecule has 152 valence electrons. The molecule has 5 N–H and O–H groups in total. The number of likely N-dealkylation sites (tertiary alicyclic amines) is 1. The number of aliphatic hydroxyl groups is 1. The molecular weight excluding hydrogens is 374 g/mol. The van der Waals surface area contributed by atoms with Crippen LogP contribution in [0.5, 0.6) is 11.5 Å². The molecule has 1 unspecified atom stereocenters. The Morgan fingerprint density at radius 3 is 2.45 bits per heavy atom. The third kappa shape index (κ3) is 4.03. The number of aromatic nitrogens is 2. The highest BCUT2D eigenvalue weighted by molar-refractivity contribution is 5.87. The molecule has 1 amide bonds. The zero-order valence-electron chi connectivity index (χ0n) is 16.3. The Morgan fingerprint density at radius 1 is 1.31 bits per heavy atom. The lowest BCUT2D eigenvalue weighted by molar-refractivity contribution is -0.131. The van der Waals surface area contributed by atoms with Crippen molar-refractivity contribution < 1.29 is 19.4 Å². The minimum atomic E-state index is -1.33. The number of amides is 1. The van der Waals surface area contributed by atoms with Gasteiger partial charge in [0.2, 0.25) is 5.91 Å². The first-order chi connectivity index (χ1) is 13.9. The Morgan fingerprint density at radius 2 is 1.93 bits per heavy atom. The molecule has 0 bridgehead atoms. The van der Waals surface area contributed by atoms with Crippen molar-refractivity contribution in [1.82, 2.24) is 14.7 Å². The van der Waals surface area contributed by atoms with Gasteiger partial charge in [0.05, 0.1) is 25.8 Å². The number of rotatable bonds is 5. The Kier molecular flexibility index (Phi) is 5.77. The number of hydrogen-bond donors (Lipinski definition) is 3. The second kappa shape index (κ2) is 8.26. The van der Waals surface area contributed by atoms with E-state index in [1.54, 1.807) is 42.0 Å². The highest BCUT2D eigenvalue weighted by Gasteiger charge is 2.34. The molecule has 1 saturated heterocycles. The molecule has 1 aliphatic rings. The number of methoxy groups -OCH3 is 2. The first-order valence-corrected chi connectivity index (χ1v) is 8.85. The lowest BCUT2D eigenvalue weighted by atomic mass is 10.1. The second-order valence-electron chi connectivity index (χ2n) is 6.49. The molecular formula is C20H23N5O4. The smallest absolute Gasteiger partial charge is 0.246 e. The summed E-state index contributed by atoms with van der Waals surface area (Å²) in [6.07, 6.45) is -0.0734. The van der Waals surface area contributed by atoms with E-state index in [0.717, 1.165) is 0 Å². The number of carbonyl (C=O) groups excluding carboxylic acids is 1. The van der Waals surface area contributed by atoms with Crippen LogP contribution in [0.4, 0.5) is 5.82 Å². The van der Waals surface area contributed by atoms with Crippen LogP contribution < -0.4 is 20.9 Å². The molecule has 0 saturated carbocycles. The van der Waals surface area contributed by atoms with Crippen LogP contribution in [-0.2, 0) is 4.79 Å². The quantitative estimate of drug-likeness (QED) is 0.378. The van der Waals surface area contributed by atoms with Gasteiger partial charge >= 0.3 is 0 Å². The summed E-state index contributed by atoms with van der Waals surface area (Å²) in [6.45, 7) is 4.36. The Bertz CT molecular complexity index is 974. The Hall–Kier alpha value is -3.48. The second-order valence-corrected chi connectivity index (χ2v) is 6.49. The number of aliphatic hydroxyl groups excluding tert-OH is 1. The molecule has 0 radical (unpaired) electrons. The number of nitrogens with zero attached hydrogens (tertiary/aromatic N) is 3. The van der Waals surface area contributed by atoms with E-state index in [4.69, 9.17) is 20.9 Å². The fraction of sp³-hybridized carbons (Fsp3) is 0.300. The predicted octanol–water partition coefficient (Wildman–Crippen LogP) is 0.401. The van der Waals surface area contributed by atoms with Crippen LogP contribution in [0.3, 0.4) is 0 Å². The van der Waals surface area contributed by atoms with Gasteiger partial charge in [-0.25, -0.2) is 4.68 Å². The van der Waals surface area contributed by atoms with E-state index >= 15 is 0 Å².